The number of anilines is 1. The Morgan fingerprint density at radius 2 is 1.86 bits per heavy atom. The molecule has 0 aliphatic carbocycles. The van der Waals surface area contributed by atoms with Crippen molar-refractivity contribution in [2.45, 2.75) is 13.5 Å². The number of nitrogens with one attached hydrogen (secondary N) is 1. The van der Waals surface area contributed by atoms with Crippen molar-refractivity contribution in [3.8, 4) is 0 Å². The minimum absolute atomic E-state index is 0.0244. The first-order valence-corrected chi connectivity index (χ1v) is 6.85. The lowest BCUT2D eigenvalue weighted by atomic mass is 10.1. The molecule has 1 heterocycles. The second kappa shape index (κ2) is 6.02. The van der Waals surface area contributed by atoms with Crippen LogP contribution in [0.1, 0.15) is 10.4 Å². The number of aromatic nitrogens is 1. The second-order valence-corrected chi connectivity index (χ2v) is 5.78. The van der Waals surface area contributed by atoms with Crippen molar-refractivity contribution in [3.63, 3.8) is 0 Å². The summed E-state index contributed by atoms with van der Waals surface area (Å²) in [5.74, 6) is 0. The number of rotatable bonds is 5. The fourth-order valence-corrected chi connectivity index (χ4v) is 2.64. The van der Waals surface area contributed by atoms with Gasteiger partial charge in [0.15, 0.2) is 4.47 Å². The van der Waals surface area contributed by atoms with E-state index in [1.54, 1.807) is 6.20 Å². The third-order valence-corrected chi connectivity index (χ3v) is 3.85. The Labute approximate surface area is 127 Å². The molecular formula is C11H9ClN4O4S. The highest BCUT2D eigenvalue weighted by Gasteiger charge is 2.23. The minimum Gasteiger partial charge on any atom is -0.380 e. The van der Waals surface area contributed by atoms with Crippen LogP contribution in [0.2, 0.25) is 4.47 Å². The number of hydrogen-bond donors (Lipinski definition) is 1. The molecule has 0 amide bonds. The van der Waals surface area contributed by atoms with E-state index in [0.717, 1.165) is 4.88 Å². The molecule has 21 heavy (non-hydrogen) atoms. The van der Waals surface area contributed by atoms with Crippen LogP contribution in [0.4, 0.5) is 17.1 Å². The van der Waals surface area contributed by atoms with Gasteiger partial charge in [-0.2, -0.15) is 0 Å². The van der Waals surface area contributed by atoms with Crippen LogP contribution in [0.15, 0.2) is 18.3 Å². The highest BCUT2D eigenvalue weighted by Crippen LogP contribution is 2.32. The molecule has 8 nitrogen and oxygen atoms in total. The summed E-state index contributed by atoms with van der Waals surface area (Å²) in [4.78, 5) is 25.3. The van der Waals surface area contributed by atoms with E-state index >= 15 is 0 Å². The first-order chi connectivity index (χ1) is 9.88. The molecule has 0 spiro atoms. The molecule has 1 N–H and O–H groups in total. The maximum atomic E-state index is 11.0. The molecule has 2 rings (SSSR count). The maximum absolute atomic E-state index is 11.0. The molecule has 10 heteroatoms. The highest BCUT2D eigenvalue weighted by molar-refractivity contribution is 7.15. The van der Waals surface area contributed by atoms with Crippen molar-refractivity contribution in [1.82, 2.24) is 4.98 Å². The van der Waals surface area contributed by atoms with Crippen LogP contribution < -0.4 is 5.32 Å². The summed E-state index contributed by atoms with van der Waals surface area (Å²) in [6.07, 6.45) is 1.57. The SMILES string of the molecule is Cc1c([N+](=O)[O-])cc(NCc2cnc(Cl)s2)cc1[N+](=O)[O-]. The van der Waals surface area contributed by atoms with E-state index in [-0.39, 0.29) is 16.9 Å². The van der Waals surface area contributed by atoms with Crippen LogP contribution >= 0.6 is 22.9 Å². The molecule has 0 radical (unpaired) electrons. The molecule has 1 aromatic carbocycles. The van der Waals surface area contributed by atoms with E-state index in [9.17, 15) is 20.2 Å². The van der Waals surface area contributed by atoms with Gasteiger partial charge in [0, 0.05) is 28.9 Å². The predicted octanol–water partition coefficient (Wildman–Crippen LogP) is 3.53. The van der Waals surface area contributed by atoms with Gasteiger partial charge >= 0.3 is 0 Å². The number of nitro benzene ring substituents is 2. The lowest BCUT2D eigenvalue weighted by molar-refractivity contribution is -0.395. The molecule has 0 fully saturated rings. The molecular weight excluding hydrogens is 320 g/mol. The molecule has 0 aliphatic rings. The monoisotopic (exact) mass is 328 g/mol. The summed E-state index contributed by atoms with van der Waals surface area (Å²) in [5.41, 5.74) is -0.275. The first kappa shape index (κ1) is 15.1. The van der Waals surface area contributed by atoms with Gasteiger partial charge in [-0.15, -0.1) is 11.3 Å². The van der Waals surface area contributed by atoms with Crippen LogP contribution in [-0.2, 0) is 6.54 Å². The Balaban J connectivity index is 2.30. The lowest BCUT2D eigenvalue weighted by Gasteiger charge is -2.06. The molecule has 1 aromatic heterocycles. The van der Waals surface area contributed by atoms with Gasteiger partial charge in [0.05, 0.1) is 16.4 Å². The van der Waals surface area contributed by atoms with Gasteiger partial charge in [-0.1, -0.05) is 11.6 Å². The molecule has 110 valence electrons. The quantitative estimate of drug-likeness (QED) is 0.663. The Bertz CT molecular complexity index is 683. The fraction of sp³-hybridized carbons (Fsp3) is 0.182. The molecule has 0 aliphatic heterocycles. The third-order valence-electron chi connectivity index (χ3n) is 2.74. The average molecular weight is 329 g/mol. The van der Waals surface area contributed by atoms with Crippen LogP contribution in [-0.4, -0.2) is 14.8 Å². The van der Waals surface area contributed by atoms with Gasteiger partial charge in [-0.05, 0) is 6.92 Å². The van der Waals surface area contributed by atoms with E-state index in [4.69, 9.17) is 11.6 Å². The van der Waals surface area contributed by atoms with E-state index in [1.807, 2.05) is 0 Å². The van der Waals surface area contributed by atoms with Crippen molar-refractivity contribution >= 4 is 40.0 Å². The zero-order chi connectivity index (χ0) is 15.6. The number of nitrogens with zero attached hydrogens (tertiary/aromatic N) is 3. The minimum atomic E-state index is -0.642. The largest absolute Gasteiger partial charge is 0.380 e. The van der Waals surface area contributed by atoms with Gasteiger partial charge in [-0.3, -0.25) is 20.2 Å². The van der Waals surface area contributed by atoms with Gasteiger partial charge in [0.25, 0.3) is 11.4 Å². The normalized spacial score (nSPS) is 10.4. The lowest BCUT2D eigenvalue weighted by Crippen LogP contribution is -2.02. The number of benzene rings is 1. The van der Waals surface area contributed by atoms with Gasteiger partial charge < -0.3 is 5.32 Å². The Morgan fingerprint density at radius 3 is 2.29 bits per heavy atom. The van der Waals surface area contributed by atoms with Crippen molar-refractivity contribution in [2.75, 3.05) is 5.32 Å². The topological polar surface area (TPSA) is 111 Å². The summed E-state index contributed by atoms with van der Waals surface area (Å²) >= 11 is 6.95. The summed E-state index contributed by atoms with van der Waals surface area (Å²) in [5, 5.41) is 24.8. The summed E-state index contributed by atoms with van der Waals surface area (Å²) in [7, 11) is 0. The third kappa shape index (κ3) is 3.44. The Morgan fingerprint density at radius 1 is 1.29 bits per heavy atom. The Kier molecular flexibility index (Phi) is 4.34. The second-order valence-electron chi connectivity index (χ2n) is 4.09. The molecule has 0 bridgehead atoms. The summed E-state index contributed by atoms with van der Waals surface area (Å²) in [6, 6.07) is 2.54. The van der Waals surface area contributed by atoms with Crippen molar-refractivity contribution in [2.24, 2.45) is 0 Å². The van der Waals surface area contributed by atoms with Crippen LogP contribution in [0, 0.1) is 27.2 Å². The number of thiazole rings is 1. The van der Waals surface area contributed by atoms with Crippen LogP contribution in [0.25, 0.3) is 0 Å². The molecule has 0 saturated carbocycles. The van der Waals surface area contributed by atoms with Crippen molar-refractivity contribution < 1.29 is 9.85 Å². The molecule has 2 aromatic rings. The van der Waals surface area contributed by atoms with E-state index in [2.05, 4.69) is 10.3 Å². The van der Waals surface area contributed by atoms with Crippen LogP contribution in [0.3, 0.4) is 0 Å². The molecule has 0 unspecified atom stereocenters. The smallest absolute Gasteiger partial charge is 0.281 e. The first-order valence-electron chi connectivity index (χ1n) is 5.66. The van der Waals surface area contributed by atoms with E-state index in [0.29, 0.717) is 16.7 Å². The van der Waals surface area contributed by atoms with Gasteiger partial charge in [0.1, 0.15) is 5.56 Å². The maximum Gasteiger partial charge on any atom is 0.281 e. The van der Waals surface area contributed by atoms with Crippen molar-refractivity contribution in [1.29, 1.82) is 0 Å². The predicted molar refractivity (Wildman–Crippen MR) is 78.9 cm³/mol. The van der Waals surface area contributed by atoms with E-state index in [1.165, 1.54) is 30.4 Å². The zero-order valence-corrected chi connectivity index (χ0v) is 12.3. The molecule has 0 saturated heterocycles. The number of nitro groups is 2. The van der Waals surface area contributed by atoms with Crippen molar-refractivity contribution in [3.05, 3.63) is 53.5 Å². The van der Waals surface area contributed by atoms with Gasteiger partial charge in [-0.25, -0.2) is 4.98 Å². The van der Waals surface area contributed by atoms with Gasteiger partial charge in [0.2, 0.25) is 0 Å². The summed E-state index contributed by atoms with van der Waals surface area (Å²) in [6.45, 7) is 1.67. The standard InChI is InChI=1S/C11H9ClN4O4S/c1-6-9(15(17)18)2-7(3-10(6)16(19)20)13-4-8-5-14-11(12)21-8/h2-3,5,13H,4H2,1H3. The Hall–Kier alpha value is -2.26. The van der Waals surface area contributed by atoms with E-state index < -0.39 is 9.85 Å². The average Bonchev–Trinajstić information content (AvgIpc) is 2.82. The highest BCUT2D eigenvalue weighted by atomic mass is 35.5. The number of halogens is 1. The number of hydrogen-bond acceptors (Lipinski definition) is 7. The molecule has 0 atom stereocenters. The van der Waals surface area contributed by atoms with Crippen LogP contribution in [0.5, 0.6) is 0 Å². The summed E-state index contributed by atoms with van der Waals surface area (Å²) < 4.78 is 0.382. The fourth-order valence-electron chi connectivity index (χ4n) is 1.72. The zero-order valence-electron chi connectivity index (χ0n) is 10.7.